The Bertz CT molecular complexity index is 267. The van der Waals surface area contributed by atoms with Crippen LogP contribution in [0.5, 0.6) is 0 Å². The number of hydrogen-bond donors (Lipinski definition) is 3. The van der Waals surface area contributed by atoms with Crippen molar-refractivity contribution in [3.8, 4) is 0 Å². The highest BCUT2D eigenvalue weighted by molar-refractivity contribution is 5.74. The van der Waals surface area contributed by atoms with Crippen LogP contribution in [-0.4, -0.2) is 29.7 Å². The van der Waals surface area contributed by atoms with Crippen LogP contribution >= 0.6 is 0 Å². The Morgan fingerprint density at radius 3 is 2.22 bits per heavy atom. The predicted molar refractivity (Wildman–Crippen MR) is 71.5 cm³/mol. The number of aliphatic carboxylic acids is 1. The smallest absolute Gasteiger partial charge is 0.315 e. The maximum atomic E-state index is 11.4. The molecule has 3 N–H and O–H groups in total. The van der Waals surface area contributed by atoms with E-state index in [1.165, 1.54) is 0 Å². The lowest BCUT2D eigenvalue weighted by molar-refractivity contribution is -0.141. The minimum absolute atomic E-state index is 0.0677. The number of carboxylic acids is 1. The Balaban J connectivity index is 3.67. The van der Waals surface area contributed by atoms with E-state index in [1.807, 2.05) is 20.8 Å². The van der Waals surface area contributed by atoms with Gasteiger partial charge in [0.15, 0.2) is 0 Å². The van der Waals surface area contributed by atoms with Gasteiger partial charge in [-0.15, -0.1) is 0 Å². The molecular formula is C13H26N2O3. The lowest BCUT2D eigenvalue weighted by Gasteiger charge is -2.16. The third-order valence-electron chi connectivity index (χ3n) is 2.74. The van der Waals surface area contributed by atoms with Crippen molar-refractivity contribution in [2.75, 3.05) is 6.54 Å². The highest BCUT2D eigenvalue weighted by Gasteiger charge is 2.12. The van der Waals surface area contributed by atoms with Crippen molar-refractivity contribution in [3.63, 3.8) is 0 Å². The van der Waals surface area contributed by atoms with Gasteiger partial charge in [0.1, 0.15) is 0 Å². The molecule has 0 aliphatic carbocycles. The molecule has 18 heavy (non-hydrogen) atoms. The summed E-state index contributed by atoms with van der Waals surface area (Å²) in [6.07, 6.45) is 2.25. The van der Waals surface area contributed by atoms with Crippen LogP contribution < -0.4 is 10.6 Å². The SMILES string of the molecule is CC(C)CNC(=O)NC(C)CCCC(C)C(=O)O. The first kappa shape index (κ1) is 16.7. The van der Waals surface area contributed by atoms with Gasteiger partial charge in [0.25, 0.3) is 0 Å². The molecule has 5 heteroatoms. The molecule has 0 fully saturated rings. The average molecular weight is 258 g/mol. The zero-order valence-corrected chi connectivity index (χ0v) is 11.8. The highest BCUT2D eigenvalue weighted by atomic mass is 16.4. The van der Waals surface area contributed by atoms with Gasteiger partial charge in [0, 0.05) is 12.6 Å². The van der Waals surface area contributed by atoms with Crippen molar-refractivity contribution in [1.29, 1.82) is 0 Å². The van der Waals surface area contributed by atoms with Crippen molar-refractivity contribution in [3.05, 3.63) is 0 Å². The first-order valence-corrected chi connectivity index (χ1v) is 6.60. The number of carboxylic acid groups (broad SMARTS) is 1. The van der Waals surface area contributed by atoms with E-state index in [0.717, 1.165) is 12.8 Å². The van der Waals surface area contributed by atoms with Crippen molar-refractivity contribution >= 4 is 12.0 Å². The molecule has 2 unspecified atom stereocenters. The lowest BCUT2D eigenvalue weighted by atomic mass is 10.0. The van der Waals surface area contributed by atoms with Crippen LogP contribution in [0.15, 0.2) is 0 Å². The monoisotopic (exact) mass is 258 g/mol. The molecule has 0 heterocycles. The standard InChI is InChI=1S/C13H26N2O3/c1-9(2)8-14-13(18)15-11(4)7-5-6-10(3)12(16)17/h9-11H,5-8H2,1-4H3,(H,16,17)(H2,14,15,18). The van der Waals surface area contributed by atoms with Gasteiger partial charge in [-0.25, -0.2) is 4.79 Å². The second-order valence-electron chi connectivity index (χ2n) is 5.32. The summed E-state index contributed by atoms with van der Waals surface area (Å²) in [5, 5.41) is 14.4. The van der Waals surface area contributed by atoms with E-state index in [9.17, 15) is 9.59 Å². The van der Waals surface area contributed by atoms with Crippen LogP contribution in [0.1, 0.15) is 47.0 Å². The van der Waals surface area contributed by atoms with E-state index in [2.05, 4.69) is 10.6 Å². The Hall–Kier alpha value is -1.26. The fourth-order valence-electron chi connectivity index (χ4n) is 1.50. The molecule has 106 valence electrons. The quantitative estimate of drug-likeness (QED) is 0.624. The molecule has 0 aromatic carbocycles. The average Bonchev–Trinajstić information content (AvgIpc) is 2.25. The second kappa shape index (κ2) is 8.78. The summed E-state index contributed by atoms with van der Waals surface area (Å²) in [5.74, 6) is -0.639. The fraction of sp³-hybridized carbons (Fsp3) is 0.846. The maximum absolute atomic E-state index is 11.4. The summed E-state index contributed by atoms with van der Waals surface area (Å²) in [7, 11) is 0. The Morgan fingerprint density at radius 2 is 1.72 bits per heavy atom. The van der Waals surface area contributed by atoms with E-state index in [4.69, 9.17) is 5.11 Å². The van der Waals surface area contributed by atoms with Gasteiger partial charge in [-0.1, -0.05) is 27.2 Å². The maximum Gasteiger partial charge on any atom is 0.315 e. The summed E-state index contributed by atoms with van der Waals surface area (Å²) in [4.78, 5) is 22.1. The summed E-state index contributed by atoms with van der Waals surface area (Å²) in [5.41, 5.74) is 0. The molecule has 0 aromatic heterocycles. The van der Waals surface area contributed by atoms with Crippen LogP contribution in [-0.2, 0) is 4.79 Å². The molecule has 0 aliphatic rings. The summed E-state index contributed by atoms with van der Waals surface area (Å²) in [6, 6.07) is -0.0827. The van der Waals surface area contributed by atoms with Gasteiger partial charge in [-0.05, 0) is 25.7 Å². The Morgan fingerprint density at radius 1 is 1.11 bits per heavy atom. The Kier molecular flexibility index (Phi) is 8.16. The van der Waals surface area contributed by atoms with Gasteiger partial charge in [-0.2, -0.15) is 0 Å². The van der Waals surface area contributed by atoms with Gasteiger partial charge in [0.05, 0.1) is 5.92 Å². The molecule has 0 saturated heterocycles. The van der Waals surface area contributed by atoms with Crippen LogP contribution in [0.25, 0.3) is 0 Å². The van der Waals surface area contributed by atoms with Crippen molar-refractivity contribution < 1.29 is 14.7 Å². The highest BCUT2D eigenvalue weighted by Crippen LogP contribution is 2.09. The molecular weight excluding hydrogens is 232 g/mol. The molecule has 5 nitrogen and oxygen atoms in total. The number of nitrogens with one attached hydrogen (secondary N) is 2. The third kappa shape index (κ3) is 8.84. The predicted octanol–water partition coefficient (Wildman–Crippen LogP) is 2.22. The molecule has 2 amide bonds. The Labute approximate surface area is 109 Å². The number of amides is 2. The minimum Gasteiger partial charge on any atom is -0.481 e. The molecule has 0 aliphatic heterocycles. The largest absolute Gasteiger partial charge is 0.481 e. The number of carbonyl (C=O) groups excluding carboxylic acids is 1. The molecule has 0 spiro atoms. The van der Waals surface area contributed by atoms with E-state index >= 15 is 0 Å². The summed E-state index contributed by atoms with van der Waals surface area (Å²) >= 11 is 0. The first-order valence-electron chi connectivity index (χ1n) is 6.60. The van der Waals surface area contributed by atoms with Crippen LogP contribution in [0.4, 0.5) is 4.79 Å². The van der Waals surface area contributed by atoms with Crippen molar-refractivity contribution in [2.24, 2.45) is 11.8 Å². The number of carbonyl (C=O) groups is 2. The molecule has 0 radical (unpaired) electrons. The third-order valence-corrected chi connectivity index (χ3v) is 2.74. The summed E-state index contributed by atoms with van der Waals surface area (Å²) in [6.45, 7) is 8.37. The van der Waals surface area contributed by atoms with Gasteiger partial charge in [-0.3, -0.25) is 4.79 Å². The molecule has 2 atom stereocenters. The van der Waals surface area contributed by atoms with Gasteiger partial charge in [0.2, 0.25) is 0 Å². The van der Waals surface area contributed by atoms with E-state index in [0.29, 0.717) is 18.9 Å². The fourth-order valence-corrected chi connectivity index (χ4v) is 1.50. The molecule has 0 bridgehead atoms. The zero-order valence-electron chi connectivity index (χ0n) is 11.8. The van der Waals surface area contributed by atoms with Crippen LogP contribution in [0.2, 0.25) is 0 Å². The normalized spacial score (nSPS) is 14.1. The topological polar surface area (TPSA) is 78.4 Å². The number of urea groups is 1. The zero-order chi connectivity index (χ0) is 14.1. The van der Waals surface area contributed by atoms with Gasteiger partial charge < -0.3 is 15.7 Å². The van der Waals surface area contributed by atoms with Crippen LogP contribution in [0.3, 0.4) is 0 Å². The molecule has 0 saturated carbocycles. The van der Waals surface area contributed by atoms with E-state index in [-0.39, 0.29) is 18.0 Å². The van der Waals surface area contributed by atoms with Crippen molar-refractivity contribution in [2.45, 2.75) is 53.0 Å². The number of hydrogen-bond acceptors (Lipinski definition) is 2. The minimum atomic E-state index is -0.759. The van der Waals surface area contributed by atoms with Crippen LogP contribution in [0, 0.1) is 11.8 Å². The first-order chi connectivity index (χ1) is 8.32. The molecule has 0 rings (SSSR count). The summed E-state index contributed by atoms with van der Waals surface area (Å²) < 4.78 is 0. The van der Waals surface area contributed by atoms with Gasteiger partial charge >= 0.3 is 12.0 Å². The van der Waals surface area contributed by atoms with E-state index in [1.54, 1.807) is 6.92 Å². The molecule has 0 aromatic rings. The van der Waals surface area contributed by atoms with Crippen molar-refractivity contribution in [1.82, 2.24) is 10.6 Å². The lowest BCUT2D eigenvalue weighted by Crippen LogP contribution is -2.42. The number of rotatable bonds is 8. The van der Waals surface area contributed by atoms with E-state index < -0.39 is 5.97 Å². The second-order valence-corrected chi connectivity index (χ2v) is 5.32.